The van der Waals surface area contributed by atoms with E-state index in [4.69, 9.17) is 13.8 Å². The molecule has 0 aliphatic heterocycles. The fourth-order valence-corrected chi connectivity index (χ4v) is 3.85. The summed E-state index contributed by atoms with van der Waals surface area (Å²) in [7, 11) is 1.74. The van der Waals surface area contributed by atoms with E-state index < -0.39 is 13.9 Å². The van der Waals surface area contributed by atoms with Gasteiger partial charge in [-0.1, -0.05) is 69.8 Å². The van der Waals surface area contributed by atoms with Crippen LogP contribution in [0.2, 0.25) is 0 Å². The molecule has 0 aliphatic rings. The van der Waals surface area contributed by atoms with E-state index in [1.54, 1.807) is 0 Å². The molecule has 2 N–H and O–H groups in total. The molecule has 0 fully saturated rings. The Hall–Kier alpha value is -0.530. The molecule has 0 bridgehead atoms. The lowest BCUT2D eigenvalue weighted by atomic mass is 10.1. The quantitative estimate of drug-likeness (QED) is 0.0721. The summed E-state index contributed by atoms with van der Waals surface area (Å²) in [5, 5.41) is 9.85. The molecule has 0 heterocycles. The minimum absolute atomic E-state index is 0.0825. The number of likely N-dealkylation sites (N-methyl/N-ethyl adjacent to an activating group) is 1. The van der Waals surface area contributed by atoms with Gasteiger partial charge in [-0.2, -0.15) is 0 Å². The lowest BCUT2D eigenvalue weighted by Crippen LogP contribution is -2.37. The van der Waals surface area contributed by atoms with Crippen molar-refractivity contribution in [3.63, 3.8) is 0 Å². The number of allylic oxidation sites excluding steroid dienone is 4. The van der Waals surface area contributed by atoms with Gasteiger partial charge in [0.1, 0.15) is 19.3 Å². The first-order valence-corrected chi connectivity index (χ1v) is 14.6. The molecule has 0 rings (SSSR count). The Bertz CT molecular complexity index is 562. The van der Waals surface area contributed by atoms with Crippen LogP contribution in [0, 0.1) is 0 Å². The van der Waals surface area contributed by atoms with Gasteiger partial charge in [0, 0.05) is 6.61 Å². The van der Waals surface area contributed by atoms with Crippen molar-refractivity contribution in [1.82, 2.24) is 0 Å². The summed E-state index contributed by atoms with van der Waals surface area (Å²) in [4.78, 5) is 9.63. The van der Waals surface area contributed by atoms with E-state index in [0.717, 1.165) is 25.7 Å². The van der Waals surface area contributed by atoms with Gasteiger partial charge in [0.25, 0.3) is 0 Å². The van der Waals surface area contributed by atoms with Crippen LogP contribution in [0.25, 0.3) is 0 Å². The van der Waals surface area contributed by atoms with Gasteiger partial charge in [0.05, 0.1) is 34.4 Å². The number of phosphoric acid groups is 1. The molecule has 0 aromatic rings. The van der Waals surface area contributed by atoms with Crippen LogP contribution < -0.4 is 0 Å². The topological polar surface area (TPSA) is 85.2 Å². The molecule has 0 aliphatic carbocycles. The Labute approximate surface area is 209 Å². The normalized spacial score (nSPS) is 15.4. The second-order valence-electron chi connectivity index (χ2n) is 9.92. The first kappa shape index (κ1) is 33.5. The summed E-state index contributed by atoms with van der Waals surface area (Å²) >= 11 is 0. The summed E-state index contributed by atoms with van der Waals surface area (Å²) in [5.74, 6) is 0. The SMILES string of the molecule is CCCCC/C=C\C/C=C\CCCCCCCCOCC(O)COP(=O)(O)OCC[N+](C)(C)C. The zero-order valence-corrected chi connectivity index (χ0v) is 23.2. The fourth-order valence-electron chi connectivity index (χ4n) is 3.11. The third-order valence-corrected chi connectivity index (χ3v) is 6.23. The lowest BCUT2D eigenvalue weighted by Gasteiger charge is -2.24. The highest BCUT2D eigenvalue weighted by Gasteiger charge is 2.24. The third-order valence-electron chi connectivity index (χ3n) is 5.25. The van der Waals surface area contributed by atoms with Gasteiger partial charge in [-0.05, 0) is 38.5 Å². The maximum Gasteiger partial charge on any atom is 0.472 e. The van der Waals surface area contributed by atoms with Crippen LogP contribution >= 0.6 is 7.82 Å². The molecular weight excluding hydrogens is 453 g/mol. The van der Waals surface area contributed by atoms with Crippen molar-refractivity contribution in [2.24, 2.45) is 0 Å². The minimum atomic E-state index is -4.14. The van der Waals surface area contributed by atoms with E-state index in [1.807, 2.05) is 21.1 Å². The first-order valence-electron chi connectivity index (χ1n) is 13.1. The molecule has 2 unspecified atom stereocenters. The third kappa shape index (κ3) is 26.1. The predicted molar refractivity (Wildman–Crippen MR) is 141 cm³/mol. The summed E-state index contributed by atoms with van der Waals surface area (Å²) in [5.41, 5.74) is 0. The molecule has 0 spiro atoms. The van der Waals surface area contributed by atoms with Crippen molar-refractivity contribution in [3.8, 4) is 0 Å². The van der Waals surface area contributed by atoms with Gasteiger partial charge in [-0.25, -0.2) is 4.57 Å². The van der Waals surface area contributed by atoms with Gasteiger partial charge in [0.15, 0.2) is 0 Å². The number of aliphatic hydroxyl groups is 1. The van der Waals surface area contributed by atoms with Gasteiger partial charge < -0.3 is 19.2 Å². The van der Waals surface area contributed by atoms with Crippen LogP contribution in [0.1, 0.15) is 84.0 Å². The van der Waals surface area contributed by atoms with E-state index in [2.05, 4.69) is 31.2 Å². The van der Waals surface area contributed by atoms with Crippen molar-refractivity contribution in [3.05, 3.63) is 24.3 Å². The van der Waals surface area contributed by atoms with Crippen molar-refractivity contribution >= 4 is 7.82 Å². The van der Waals surface area contributed by atoms with Gasteiger partial charge in [-0.15, -0.1) is 0 Å². The van der Waals surface area contributed by atoms with Gasteiger partial charge in [-0.3, -0.25) is 9.05 Å². The Balaban J connectivity index is 3.47. The van der Waals surface area contributed by atoms with Crippen molar-refractivity contribution < 1.29 is 32.8 Å². The Morgan fingerprint density at radius 3 is 2.00 bits per heavy atom. The van der Waals surface area contributed by atoms with Crippen molar-refractivity contribution in [2.45, 2.75) is 90.1 Å². The number of nitrogens with zero attached hydrogens (tertiary/aromatic N) is 1. The Kier molecular flexibility index (Phi) is 21.4. The van der Waals surface area contributed by atoms with Crippen molar-refractivity contribution in [1.29, 1.82) is 0 Å². The van der Waals surface area contributed by atoms with Crippen LogP contribution in [-0.4, -0.2) is 74.7 Å². The van der Waals surface area contributed by atoms with E-state index in [0.29, 0.717) is 17.6 Å². The zero-order chi connectivity index (χ0) is 25.5. The van der Waals surface area contributed by atoms with E-state index in [9.17, 15) is 14.6 Å². The van der Waals surface area contributed by atoms with Gasteiger partial charge in [0.2, 0.25) is 0 Å². The largest absolute Gasteiger partial charge is 0.472 e. The minimum Gasteiger partial charge on any atom is -0.388 e. The fraction of sp³-hybridized carbons (Fsp3) is 0.846. The number of aliphatic hydroxyl groups excluding tert-OH is 1. The summed E-state index contributed by atoms with van der Waals surface area (Å²) in [6.07, 6.45) is 22.5. The van der Waals surface area contributed by atoms with Crippen LogP contribution in [0.3, 0.4) is 0 Å². The number of rotatable bonds is 24. The number of hydrogen-bond acceptors (Lipinski definition) is 5. The summed E-state index contributed by atoms with van der Waals surface area (Å²) in [6.45, 7) is 3.29. The molecule has 7 nitrogen and oxygen atoms in total. The first-order chi connectivity index (χ1) is 16.2. The monoisotopic (exact) mass is 506 g/mol. The molecule has 2 atom stereocenters. The van der Waals surface area contributed by atoms with Crippen molar-refractivity contribution in [2.75, 3.05) is 54.1 Å². The van der Waals surface area contributed by atoms with E-state index in [-0.39, 0.29) is 19.8 Å². The molecule has 202 valence electrons. The Morgan fingerprint density at radius 1 is 0.794 bits per heavy atom. The summed E-state index contributed by atoms with van der Waals surface area (Å²) in [6, 6.07) is 0. The van der Waals surface area contributed by atoms with Crippen LogP contribution in [0.5, 0.6) is 0 Å². The molecular formula is C26H53NO6P+. The highest BCUT2D eigenvalue weighted by atomic mass is 31.2. The number of quaternary nitrogens is 1. The van der Waals surface area contributed by atoms with Crippen LogP contribution in [0.15, 0.2) is 24.3 Å². The second kappa shape index (κ2) is 21.7. The highest BCUT2D eigenvalue weighted by molar-refractivity contribution is 7.47. The highest BCUT2D eigenvalue weighted by Crippen LogP contribution is 2.43. The molecule has 8 heteroatoms. The average molecular weight is 507 g/mol. The molecule has 0 saturated carbocycles. The average Bonchev–Trinajstić information content (AvgIpc) is 2.76. The summed E-state index contributed by atoms with van der Waals surface area (Å²) < 4.78 is 27.6. The molecule has 0 aromatic carbocycles. The Morgan fingerprint density at radius 2 is 1.38 bits per heavy atom. The number of hydrogen-bond donors (Lipinski definition) is 2. The number of phosphoric ester groups is 1. The molecule has 0 aromatic heterocycles. The lowest BCUT2D eigenvalue weighted by molar-refractivity contribution is -0.870. The zero-order valence-electron chi connectivity index (χ0n) is 22.3. The number of ether oxygens (including phenoxy) is 1. The van der Waals surface area contributed by atoms with E-state index in [1.165, 1.54) is 51.4 Å². The smallest absolute Gasteiger partial charge is 0.388 e. The van der Waals surface area contributed by atoms with Crippen LogP contribution in [-0.2, 0) is 18.3 Å². The molecule has 34 heavy (non-hydrogen) atoms. The predicted octanol–water partition coefficient (Wildman–Crippen LogP) is 6.02. The van der Waals surface area contributed by atoms with E-state index >= 15 is 0 Å². The standard InChI is InChI=1S/C26H52NO6P/c1-5-6-7-8-9-10-11-12-13-14-15-16-17-18-19-20-22-31-24-26(28)25-33-34(29,30)32-23-21-27(2,3)4/h9-10,12-13,26,28H,5-8,11,14-25H2,1-4H3/p+1/b10-9-,13-12-. The second-order valence-corrected chi connectivity index (χ2v) is 11.4. The molecule has 0 saturated heterocycles. The van der Waals surface area contributed by atoms with Crippen LogP contribution in [0.4, 0.5) is 0 Å². The maximum absolute atomic E-state index is 11.8. The molecule has 0 radical (unpaired) electrons. The maximum atomic E-state index is 11.8. The number of unbranched alkanes of at least 4 members (excludes halogenated alkanes) is 9. The molecule has 0 amide bonds. The van der Waals surface area contributed by atoms with Gasteiger partial charge >= 0.3 is 7.82 Å².